The van der Waals surface area contributed by atoms with Crippen LogP contribution in [0.25, 0.3) is 0 Å². The van der Waals surface area contributed by atoms with Crippen LogP contribution in [0.5, 0.6) is 11.5 Å². The molecule has 4 unspecified atom stereocenters. The highest BCUT2D eigenvalue weighted by molar-refractivity contribution is 7.89. The molecule has 0 aromatic heterocycles. The fraction of sp³-hybridized carbons (Fsp3) is 0.632. The molecule has 3 rings (SSSR count). The summed E-state index contributed by atoms with van der Waals surface area (Å²) in [7, 11) is -3.53. The van der Waals surface area contributed by atoms with E-state index in [4.69, 9.17) is 14.6 Å². The second kappa shape index (κ2) is 8.67. The van der Waals surface area contributed by atoms with E-state index in [2.05, 4.69) is 11.6 Å². The van der Waals surface area contributed by atoms with Crippen molar-refractivity contribution >= 4 is 16.0 Å². The van der Waals surface area contributed by atoms with Crippen molar-refractivity contribution < 1.29 is 32.9 Å². The van der Waals surface area contributed by atoms with Gasteiger partial charge in [-0.2, -0.15) is 0 Å². The number of aliphatic hydroxyl groups excluding tert-OH is 1. The molecule has 3 N–H and O–H groups in total. The van der Waals surface area contributed by atoms with Crippen LogP contribution >= 0.6 is 0 Å². The van der Waals surface area contributed by atoms with Crippen LogP contribution in [0, 0.1) is 0 Å². The molecule has 0 bridgehead atoms. The number of hydrogen-bond donors (Lipinski definition) is 3. The average Bonchev–Trinajstić information content (AvgIpc) is 3.13. The maximum atomic E-state index is 12.5. The largest absolute Gasteiger partial charge is 0.485 e. The van der Waals surface area contributed by atoms with Crippen LogP contribution in [0.3, 0.4) is 0 Å². The fourth-order valence-corrected chi connectivity index (χ4v) is 5.40. The smallest absolute Gasteiger partial charge is 0.341 e. The normalized spacial score (nSPS) is 25.8. The lowest BCUT2D eigenvalue weighted by Gasteiger charge is -2.22. The molecule has 1 aliphatic carbocycles. The summed E-state index contributed by atoms with van der Waals surface area (Å²) in [5, 5.41) is 19.2. The molecule has 1 aromatic carbocycles. The van der Waals surface area contributed by atoms with Gasteiger partial charge in [0.05, 0.1) is 17.9 Å². The van der Waals surface area contributed by atoms with Crippen molar-refractivity contribution in [3.8, 4) is 11.5 Å². The minimum atomic E-state index is -3.53. The Hall–Kier alpha value is -1.84. The fourth-order valence-electron chi connectivity index (χ4n) is 3.98. The molecule has 1 aliphatic heterocycles. The van der Waals surface area contributed by atoms with Gasteiger partial charge in [0, 0.05) is 17.9 Å². The van der Waals surface area contributed by atoms with Gasteiger partial charge in [-0.25, -0.2) is 17.9 Å². The lowest BCUT2D eigenvalue weighted by atomic mass is 9.94. The first kappa shape index (κ1) is 20.9. The number of nitrogens with one attached hydrogen (secondary N) is 1. The molecule has 1 heterocycles. The van der Waals surface area contributed by atoms with Gasteiger partial charge in [-0.3, -0.25) is 0 Å². The Balaban J connectivity index is 1.75. The lowest BCUT2D eigenvalue weighted by Crippen LogP contribution is -2.44. The third kappa shape index (κ3) is 4.59. The van der Waals surface area contributed by atoms with Crippen molar-refractivity contribution in [1.82, 2.24) is 4.72 Å². The van der Waals surface area contributed by atoms with Gasteiger partial charge in [0.15, 0.2) is 18.1 Å². The summed E-state index contributed by atoms with van der Waals surface area (Å²) in [6.07, 6.45) is 2.52. The van der Waals surface area contributed by atoms with Crippen molar-refractivity contribution in [2.45, 2.75) is 63.2 Å². The zero-order valence-electron chi connectivity index (χ0n) is 15.8. The predicted octanol–water partition coefficient (Wildman–Crippen LogP) is 1.63. The van der Waals surface area contributed by atoms with E-state index in [0.29, 0.717) is 24.3 Å². The van der Waals surface area contributed by atoms with Gasteiger partial charge >= 0.3 is 5.97 Å². The Morgan fingerprint density at radius 2 is 2.11 bits per heavy atom. The maximum Gasteiger partial charge on any atom is 0.341 e. The number of aliphatic carboxylic acids is 1. The third-order valence-electron chi connectivity index (χ3n) is 5.25. The Labute approximate surface area is 164 Å². The van der Waals surface area contributed by atoms with Crippen LogP contribution < -0.4 is 14.2 Å². The number of unbranched alkanes of at least 4 members (excludes halogenated alkanes) is 3. The number of ether oxygens (including phenoxy) is 2. The van der Waals surface area contributed by atoms with Crippen LogP contribution in [0.15, 0.2) is 18.2 Å². The number of benzene rings is 1. The first-order valence-corrected chi connectivity index (χ1v) is 11.3. The van der Waals surface area contributed by atoms with E-state index in [0.717, 1.165) is 24.8 Å². The molecule has 9 heteroatoms. The van der Waals surface area contributed by atoms with Crippen molar-refractivity contribution in [3.05, 3.63) is 23.8 Å². The Kier molecular flexibility index (Phi) is 6.47. The van der Waals surface area contributed by atoms with Crippen molar-refractivity contribution in [1.29, 1.82) is 0 Å². The number of carboxylic acids is 1. The summed E-state index contributed by atoms with van der Waals surface area (Å²) in [6, 6.07) is 4.44. The number of sulfonamides is 1. The lowest BCUT2D eigenvalue weighted by molar-refractivity contribution is -0.139. The van der Waals surface area contributed by atoms with Crippen LogP contribution in [-0.4, -0.2) is 55.2 Å². The Morgan fingerprint density at radius 3 is 2.82 bits per heavy atom. The van der Waals surface area contributed by atoms with Crippen LogP contribution in [-0.2, 0) is 14.8 Å². The third-order valence-corrected chi connectivity index (χ3v) is 6.70. The molecule has 156 valence electrons. The van der Waals surface area contributed by atoms with E-state index in [1.165, 1.54) is 0 Å². The average molecular weight is 413 g/mol. The van der Waals surface area contributed by atoms with Gasteiger partial charge < -0.3 is 19.7 Å². The minimum Gasteiger partial charge on any atom is -0.485 e. The monoisotopic (exact) mass is 413 g/mol. The molecule has 8 nitrogen and oxygen atoms in total. The van der Waals surface area contributed by atoms with E-state index in [1.807, 2.05) is 0 Å². The zero-order valence-corrected chi connectivity index (χ0v) is 16.7. The van der Waals surface area contributed by atoms with E-state index >= 15 is 0 Å². The number of rotatable bonds is 10. The van der Waals surface area contributed by atoms with Gasteiger partial charge in [-0.15, -0.1) is 0 Å². The second-order valence-electron chi connectivity index (χ2n) is 7.37. The SMILES string of the molecule is CCCCCCS(=O)(=O)NC1C(O)CC2Oc3c(OCC(=O)O)cccc3C21. The van der Waals surface area contributed by atoms with E-state index in [1.54, 1.807) is 18.2 Å². The molecule has 1 saturated carbocycles. The molecule has 1 fully saturated rings. The summed E-state index contributed by atoms with van der Waals surface area (Å²) in [5.41, 5.74) is 0.725. The molecular weight excluding hydrogens is 386 g/mol. The Bertz CT molecular complexity index is 811. The van der Waals surface area contributed by atoms with E-state index < -0.39 is 34.7 Å². The number of fused-ring (bicyclic) bond motifs is 3. The number of para-hydroxylation sites is 1. The van der Waals surface area contributed by atoms with Gasteiger partial charge in [-0.05, 0) is 12.5 Å². The number of aliphatic hydroxyl groups is 1. The summed E-state index contributed by atoms with van der Waals surface area (Å²) in [4.78, 5) is 10.8. The highest BCUT2D eigenvalue weighted by atomic mass is 32.2. The number of carboxylic acid groups (broad SMARTS) is 1. The zero-order chi connectivity index (χ0) is 20.3. The molecule has 0 radical (unpaired) electrons. The van der Waals surface area contributed by atoms with Crippen LogP contribution in [0.2, 0.25) is 0 Å². The number of carbonyl (C=O) groups is 1. The quantitative estimate of drug-likeness (QED) is 0.498. The molecule has 0 saturated heterocycles. The molecule has 0 spiro atoms. The molecule has 0 amide bonds. The number of hydrogen-bond acceptors (Lipinski definition) is 6. The molecule has 1 aromatic rings. The van der Waals surface area contributed by atoms with Crippen molar-refractivity contribution in [2.75, 3.05) is 12.4 Å². The molecule has 28 heavy (non-hydrogen) atoms. The van der Waals surface area contributed by atoms with Crippen molar-refractivity contribution in [2.24, 2.45) is 0 Å². The van der Waals surface area contributed by atoms with Crippen molar-refractivity contribution in [3.63, 3.8) is 0 Å². The van der Waals surface area contributed by atoms with Crippen LogP contribution in [0.1, 0.15) is 50.5 Å². The first-order chi connectivity index (χ1) is 13.3. The van der Waals surface area contributed by atoms with Gasteiger partial charge in [0.25, 0.3) is 0 Å². The van der Waals surface area contributed by atoms with Gasteiger partial charge in [0.1, 0.15) is 6.10 Å². The van der Waals surface area contributed by atoms with Gasteiger partial charge in [-0.1, -0.05) is 38.3 Å². The standard InChI is InChI=1S/C19H27NO7S/c1-2-3-4-5-9-28(24,25)20-18-13(21)10-15-17(18)12-7-6-8-14(19(12)27-15)26-11-16(22)23/h6-8,13,15,17-18,20-21H,2-5,9-11H2,1H3,(H,22,23). The molecule has 2 aliphatic rings. The van der Waals surface area contributed by atoms with E-state index in [-0.39, 0.29) is 17.8 Å². The minimum absolute atomic E-state index is 0.0308. The first-order valence-electron chi connectivity index (χ1n) is 9.64. The summed E-state index contributed by atoms with van der Waals surface area (Å²) >= 11 is 0. The van der Waals surface area contributed by atoms with Crippen LogP contribution in [0.4, 0.5) is 0 Å². The topological polar surface area (TPSA) is 122 Å². The summed E-state index contributed by atoms with van der Waals surface area (Å²) in [6.45, 7) is 1.57. The molecular formula is C19H27NO7S. The summed E-state index contributed by atoms with van der Waals surface area (Å²) < 4.78 is 38.8. The Morgan fingerprint density at radius 1 is 1.32 bits per heavy atom. The summed E-state index contributed by atoms with van der Waals surface area (Å²) in [5.74, 6) is -0.671. The van der Waals surface area contributed by atoms with E-state index in [9.17, 15) is 18.3 Å². The highest BCUT2D eigenvalue weighted by Crippen LogP contribution is 2.50. The second-order valence-corrected chi connectivity index (χ2v) is 9.24. The predicted molar refractivity (Wildman–Crippen MR) is 102 cm³/mol. The molecule has 4 atom stereocenters. The highest BCUT2D eigenvalue weighted by Gasteiger charge is 2.51. The maximum absolute atomic E-state index is 12.5. The van der Waals surface area contributed by atoms with Gasteiger partial charge in [0.2, 0.25) is 10.0 Å².